The molecule has 0 atom stereocenters. The highest BCUT2D eigenvalue weighted by Gasteiger charge is 2.22. The molecule has 1 N–H and O–H groups in total. The zero-order valence-electron chi connectivity index (χ0n) is 12.4. The number of benzene rings is 2. The summed E-state index contributed by atoms with van der Waals surface area (Å²) in [5.41, 5.74) is 2.55. The predicted octanol–water partition coefficient (Wildman–Crippen LogP) is 4.17. The smallest absolute Gasteiger partial charge is 0.283 e. The van der Waals surface area contributed by atoms with Crippen molar-refractivity contribution in [3.05, 3.63) is 82.3 Å². The van der Waals surface area contributed by atoms with Crippen LogP contribution in [-0.2, 0) is 9.84 Å². The SMILES string of the molecule is [C-]#[N+]/C(=C\c1c[nH]c2ccccc12)S(=O)(=O)c1ccc(C)cc1. The highest BCUT2D eigenvalue weighted by Crippen LogP contribution is 2.26. The molecule has 2 aromatic carbocycles. The normalized spacial score (nSPS) is 12.3. The average Bonchev–Trinajstić information content (AvgIpc) is 2.96. The first-order chi connectivity index (χ1) is 11.0. The molecule has 0 fully saturated rings. The molecule has 0 saturated heterocycles. The fourth-order valence-electron chi connectivity index (χ4n) is 2.35. The fourth-order valence-corrected chi connectivity index (χ4v) is 3.49. The van der Waals surface area contributed by atoms with Gasteiger partial charge >= 0.3 is 0 Å². The summed E-state index contributed by atoms with van der Waals surface area (Å²) in [5.74, 6) is 0. The van der Waals surface area contributed by atoms with E-state index in [-0.39, 0.29) is 9.92 Å². The predicted molar refractivity (Wildman–Crippen MR) is 91.2 cm³/mol. The van der Waals surface area contributed by atoms with Gasteiger partial charge in [0.1, 0.15) is 0 Å². The molecule has 0 spiro atoms. The quantitative estimate of drug-likeness (QED) is 0.736. The lowest BCUT2D eigenvalue weighted by Crippen LogP contribution is -2.02. The number of rotatable bonds is 3. The first-order valence-corrected chi connectivity index (χ1v) is 8.48. The molecule has 0 amide bonds. The van der Waals surface area contributed by atoms with Gasteiger partial charge in [0.25, 0.3) is 5.03 Å². The summed E-state index contributed by atoms with van der Waals surface area (Å²) < 4.78 is 25.3. The van der Waals surface area contributed by atoms with Crippen molar-refractivity contribution in [2.24, 2.45) is 0 Å². The number of aromatic nitrogens is 1. The van der Waals surface area contributed by atoms with Gasteiger partial charge in [-0.2, -0.15) is 0 Å². The van der Waals surface area contributed by atoms with Crippen molar-refractivity contribution >= 4 is 26.8 Å². The Hall–Kier alpha value is -2.84. The first-order valence-electron chi connectivity index (χ1n) is 6.99. The molecule has 1 aromatic heterocycles. The molecule has 0 radical (unpaired) electrons. The van der Waals surface area contributed by atoms with Gasteiger partial charge in [-0.15, -0.1) is 0 Å². The van der Waals surface area contributed by atoms with Crippen LogP contribution in [0.25, 0.3) is 21.8 Å². The maximum atomic E-state index is 12.6. The lowest BCUT2D eigenvalue weighted by molar-refractivity contribution is 0.603. The van der Waals surface area contributed by atoms with Crippen molar-refractivity contribution in [1.29, 1.82) is 0 Å². The van der Waals surface area contributed by atoms with Crippen LogP contribution in [0.5, 0.6) is 0 Å². The van der Waals surface area contributed by atoms with Crippen LogP contribution in [0.2, 0.25) is 0 Å². The molecule has 4 nitrogen and oxygen atoms in total. The second-order valence-corrected chi connectivity index (χ2v) is 7.10. The van der Waals surface area contributed by atoms with Crippen LogP contribution in [0.3, 0.4) is 0 Å². The Morgan fingerprint density at radius 3 is 2.52 bits per heavy atom. The summed E-state index contributed by atoms with van der Waals surface area (Å²) in [5, 5.41) is 0.596. The Morgan fingerprint density at radius 1 is 1.13 bits per heavy atom. The van der Waals surface area contributed by atoms with Crippen LogP contribution in [0.4, 0.5) is 0 Å². The monoisotopic (exact) mass is 322 g/mol. The molecule has 0 aliphatic rings. The van der Waals surface area contributed by atoms with E-state index in [0.717, 1.165) is 16.5 Å². The number of fused-ring (bicyclic) bond motifs is 1. The van der Waals surface area contributed by atoms with Gasteiger partial charge in [-0.05, 0) is 36.8 Å². The summed E-state index contributed by atoms with van der Waals surface area (Å²) in [7, 11) is -3.82. The molecule has 5 heteroatoms. The highest BCUT2D eigenvalue weighted by molar-refractivity contribution is 7.95. The Balaban J connectivity index is 2.12. The number of nitrogens with zero attached hydrogens (tertiary/aromatic N) is 1. The zero-order valence-corrected chi connectivity index (χ0v) is 13.3. The van der Waals surface area contributed by atoms with Crippen molar-refractivity contribution in [2.75, 3.05) is 0 Å². The summed E-state index contributed by atoms with van der Waals surface area (Å²) in [6, 6.07) is 14.1. The minimum Gasteiger partial charge on any atom is -0.361 e. The third kappa shape index (κ3) is 2.77. The van der Waals surface area contributed by atoms with E-state index in [9.17, 15) is 8.42 Å². The topological polar surface area (TPSA) is 54.3 Å². The van der Waals surface area contributed by atoms with E-state index in [1.807, 2.05) is 31.2 Å². The van der Waals surface area contributed by atoms with Crippen molar-refractivity contribution in [3.8, 4) is 0 Å². The van der Waals surface area contributed by atoms with E-state index in [0.29, 0.717) is 5.56 Å². The number of para-hydroxylation sites is 1. The van der Waals surface area contributed by atoms with Crippen LogP contribution in [0.15, 0.2) is 64.7 Å². The van der Waals surface area contributed by atoms with E-state index >= 15 is 0 Å². The Morgan fingerprint density at radius 2 is 1.83 bits per heavy atom. The fraction of sp³-hybridized carbons (Fsp3) is 0.0556. The molecule has 0 saturated carbocycles. The van der Waals surface area contributed by atoms with Gasteiger partial charge in [-0.25, -0.2) is 13.3 Å². The molecule has 1 heterocycles. The summed E-state index contributed by atoms with van der Waals surface area (Å²) in [6.07, 6.45) is 3.13. The van der Waals surface area contributed by atoms with Gasteiger partial charge in [-0.3, -0.25) is 0 Å². The van der Waals surface area contributed by atoms with E-state index in [1.165, 1.54) is 18.2 Å². The molecule has 114 valence electrons. The second kappa shape index (κ2) is 5.75. The highest BCUT2D eigenvalue weighted by atomic mass is 32.2. The maximum absolute atomic E-state index is 12.6. The van der Waals surface area contributed by atoms with Gasteiger partial charge in [0.15, 0.2) is 0 Å². The first kappa shape index (κ1) is 15.1. The zero-order chi connectivity index (χ0) is 16.4. The minimum absolute atomic E-state index is 0.130. The Bertz CT molecular complexity index is 1040. The number of H-pyrrole nitrogens is 1. The molecule has 0 aliphatic heterocycles. The van der Waals surface area contributed by atoms with E-state index < -0.39 is 9.84 Å². The second-order valence-electron chi connectivity index (χ2n) is 5.20. The van der Waals surface area contributed by atoms with Crippen LogP contribution in [-0.4, -0.2) is 13.4 Å². The number of hydrogen-bond donors (Lipinski definition) is 1. The number of sulfone groups is 1. The minimum atomic E-state index is -3.82. The average molecular weight is 322 g/mol. The lowest BCUT2D eigenvalue weighted by Gasteiger charge is -2.03. The standard InChI is InChI=1S/C18H14N2O2S/c1-13-7-9-15(10-8-13)23(21,22)18(19-2)11-14-12-20-17-6-4-3-5-16(14)17/h3-12,20H,1H3/b18-11+. The van der Waals surface area contributed by atoms with Crippen molar-refractivity contribution in [3.63, 3.8) is 0 Å². The van der Waals surface area contributed by atoms with Gasteiger partial charge in [0.2, 0.25) is 9.84 Å². The van der Waals surface area contributed by atoms with Crippen molar-refractivity contribution in [2.45, 2.75) is 11.8 Å². The third-order valence-electron chi connectivity index (χ3n) is 3.62. The van der Waals surface area contributed by atoms with Gasteiger partial charge in [0.05, 0.1) is 11.5 Å². The molecular weight excluding hydrogens is 308 g/mol. The van der Waals surface area contributed by atoms with Crippen molar-refractivity contribution in [1.82, 2.24) is 4.98 Å². The van der Waals surface area contributed by atoms with Crippen LogP contribution >= 0.6 is 0 Å². The van der Waals surface area contributed by atoms with E-state index in [2.05, 4.69) is 9.83 Å². The van der Waals surface area contributed by atoms with Crippen LogP contribution < -0.4 is 0 Å². The van der Waals surface area contributed by atoms with Crippen LogP contribution in [0, 0.1) is 13.5 Å². The van der Waals surface area contributed by atoms with E-state index in [4.69, 9.17) is 6.57 Å². The number of nitrogens with one attached hydrogen (secondary N) is 1. The Labute approximate surface area is 134 Å². The molecule has 23 heavy (non-hydrogen) atoms. The maximum Gasteiger partial charge on any atom is 0.283 e. The largest absolute Gasteiger partial charge is 0.361 e. The summed E-state index contributed by atoms with van der Waals surface area (Å²) in [6.45, 7) is 9.17. The number of aromatic amines is 1. The molecule has 3 rings (SSSR count). The van der Waals surface area contributed by atoms with Crippen molar-refractivity contribution < 1.29 is 8.42 Å². The molecular formula is C18H14N2O2S. The Kier molecular flexibility index (Phi) is 3.77. The van der Waals surface area contributed by atoms with Gasteiger partial charge < -0.3 is 4.98 Å². The molecule has 0 unspecified atom stereocenters. The number of aryl methyl sites for hydroxylation is 1. The molecule has 0 bridgehead atoms. The number of hydrogen-bond acceptors (Lipinski definition) is 2. The summed E-state index contributed by atoms with van der Waals surface area (Å²) >= 11 is 0. The van der Waals surface area contributed by atoms with Gasteiger partial charge in [-0.1, -0.05) is 35.9 Å². The lowest BCUT2D eigenvalue weighted by atomic mass is 10.2. The van der Waals surface area contributed by atoms with Crippen LogP contribution in [0.1, 0.15) is 11.1 Å². The molecule has 0 aliphatic carbocycles. The van der Waals surface area contributed by atoms with E-state index in [1.54, 1.807) is 18.3 Å². The molecule has 3 aromatic rings. The summed E-state index contributed by atoms with van der Waals surface area (Å²) in [4.78, 5) is 6.45. The van der Waals surface area contributed by atoms with Gasteiger partial charge in [0, 0.05) is 17.1 Å². The third-order valence-corrected chi connectivity index (χ3v) is 5.27.